The minimum absolute atomic E-state index is 0.0940. The summed E-state index contributed by atoms with van der Waals surface area (Å²) in [5, 5.41) is 3.03. The highest BCUT2D eigenvalue weighted by atomic mass is 19.1. The van der Waals surface area contributed by atoms with E-state index in [4.69, 9.17) is 0 Å². The topological polar surface area (TPSA) is 49.4 Å². The predicted octanol–water partition coefficient (Wildman–Crippen LogP) is 5.12. The third-order valence-corrected chi connectivity index (χ3v) is 5.58. The first-order valence-corrected chi connectivity index (χ1v) is 10.2. The van der Waals surface area contributed by atoms with E-state index in [-0.39, 0.29) is 17.4 Å². The van der Waals surface area contributed by atoms with Crippen LogP contribution in [0.5, 0.6) is 0 Å². The summed E-state index contributed by atoms with van der Waals surface area (Å²) in [5.41, 5.74) is 2.54. The predicted molar refractivity (Wildman–Crippen MR) is 115 cm³/mol. The van der Waals surface area contributed by atoms with E-state index in [0.717, 1.165) is 28.9 Å². The van der Waals surface area contributed by atoms with Crippen LogP contribution in [0.4, 0.5) is 14.5 Å². The summed E-state index contributed by atoms with van der Waals surface area (Å²) in [6.45, 7) is 0.683. The van der Waals surface area contributed by atoms with Gasteiger partial charge in [-0.2, -0.15) is 0 Å². The zero-order chi connectivity index (χ0) is 21.8. The second kappa shape index (κ2) is 9.08. The van der Waals surface area contributed by atoms with Gasteiger partial charge in [0.05, 0.1) is 5.56 Å². The number of para-hydroxylation sites is 1. The van der Waals surface area contributed by atoms with Crippen molar-refractivity contribution in [3.8, 4) is 11.1 Å². The minimum atomic E-state index is -0.873. The van der Waals surface area contributed by atoms with Crippen molar-refractivity contribution in [1.29, 1.82) is 0 Å². The first-order valence-electron chi connectivity index (χ1n) is 10.2. The van der Waals surface area contributed by atoms with Crippen LogP contribution >= 0.6 is 0 Å². The maximum absolute atomic E-state index is 13.9. The molecule has 31 heavy (non-hydrogen) atoms. The molecule has 0 spiro atoms. The van der Waals surface area contributed by atoms with E-state index in [2.05, 4.69) is 5.32 Å². The summed E-state index contributed by atoms with van der Waals surface area (Å²) >= 11 is 0. The van der Waals surface area contributed by atoms with Crippen LogP contribution in [0, 0.1) is 17.6 Å². The highest BCUT2D eigenvalue weighted by Crippen LogP contribution is 2.29. The molecule has 3 aromatic carbocycles. The summed E-state index contributed by atoms with van der Waals surface area (Å²) in [6.07, 6.45) is 0.960. The normalized spacial score (nSPS) is 14.3. The standard InChI is InChI=1S/C25H22F2N2O2/c26-19-10-11-21(22(27)16-19)25(31)29-14-12-18(13-15-29)24(30)28-23-9-5-4-8-20(23)17-6-2-1-3-7-17/h1-11,16,18H,12-15H2,(H,28,30). The van der Waals surface area contributed by atoms with Gasteiger partial charge in [0.2, 0.25) is 5.91 Å². The van der Waals surface area contributed by atoms with Gasteiger partial charge >= 0.3 is 0 Å². The Balaban J connectivity index is 1.40. The van der Waals surface area contributed by atoms with E-state index >= 15 is 0 Å². The Labute approximate surface area is 179 Å². The average molecular weight is 420 g/mol. The molecule has 4 rings (SSSR count). The second-order valence-corrected chi connectivity index (χ2v) is 7.59. The van der Waals surface area contributed by atoms with Crippen molar-refractivity contribution in [3.05, 3.63) is 90.0 Å². The minimum Gasteiger partial charge on any atom is -0.339 e. The van der Waals surface area contributed by atoms with Crippen molar-refractivity contribution >= 4 is 17.5 Å². The van der Waals surface area contributed by atoms with Crippen molar-refractivity contribution in [2.24, 2.45) is 5.92 Å². The molecule has 0 unspecified atom stereocenters. The lowest BCUT2D eigenvalue weighted by atomic mass is 9.94. The van der Waals surface area contributed by atoms with Gasteiger partial charge in [0.15, 0.2) is 0 Å². The van der Waals surface area contributed by atoms with Crippen molar-refractivity contribution < 1.29 is 18.4 Å². The van der Waals surface area contributed by atoms with E-state index in [1.165, 1.54) is 4.90 Å². The summed E-state index contributed by atoms with van der Waals surface area (Å²) in [4.78, 5) is 26.9. The van der Waals surface area contributed by atoms with Gasteiger partial charge in [-0.05, 0) is 36.6 Å². The largest absolute Gasteiger partial charge is 0.339 e. The Morgan fingerprint density at radius 1 is 0.871 bits per heavy atom. The number of amides is 2. The Kier molecular flexibility index (Phi) is 6.07. The molecule has 0 saturated carbocycles. The molecule has 3 aromatic rings. The molecule has 1 aliphatic rings. The lowest BCUT2D eigenvalue weighted by Crippen LogP contribution is -2.41. The average Bonchev–Trinajstić information content (AvgIpc) is 2.80. The van der Waals surface area contributed by atoms with Crippen LogP contribution in [0.2, 0.25) is 0 Å². The van der Waals surface area contributed by atoms with Gasteiger partial charge in [-0.25, -0.2) is 8.78 Å². The number of halogens is 2. The van der Waals surface area contributed by atoms with Crippen molar-refractivity contribution in [1.82, 2.24) is 4.90 Å². The van der Waals surface area contributed by atoms with E-state index in [0.29, 0.717) is 32.0 Å². The number of benzene rings is 3. The number of carbonyl (C=O) groups is 2. The molecule has 0 aromatic heterocycles. The number of nitrogens with zero attached hydrogens (tertiary/aromatic N) is 1. The first-order chi connectivity index (χ1) is 15.0. The maximum Gasteiger partial charge on any atom is 0.256 e. The molecular weight excluding hydrogens is 398 g/mol. The number of anilines is 1. The zero-order valence-corrected chi connectivity index (χ0v) is 16.9. The molecule has 0 bridgehead atoms. The quantitative estimate of drug-likeness (QED) is 0.637. The van der Waals surface area contributed by atoms with Gasteiger partial charge in [-0.15, -0.1) is 0 Å². The van der Waals surface area contributed by atoms with Gasteiger partial charge < -0.3 is 10.2 Å². The Bertz CT molecular complexity index is 1090. The van der Waals surface area contributed by atoms with Crippen LogP contribution in [-0.4, -0.2) is 29.8 Å². The molecule has 4 nitrogen and oxygen atoms in total. The Morgan fingerprint density at radius 3 is 2.26 bits per heavy atom. The number of piperidine rings is 1. The van der Waals surface area contributed by atoms with Crippen LogP contribution in [0.1, 0.15) is 23.2 Å². The van der Waals surface area contributed by atoms with Gasteiger partial charge in [-0.3, -0.25) is 9.59 Å². The number of hydrogen-bond donors (Lipinski definition) is 1. The molecule has 1 N–H and O–H groups in total. The lowest BCUT2D eigenvalue weighted by Gasteiger charge is -2.31. The fourth-order valence-electron chi connectivity index (χ4n) is 3.87. The van der Waals surface area contributed by atoms with Crippen LogP contribution in [-0.2, 0) is 4.79 Å². The van der Waals surface area contributed by atoms with Crippen LogP contribution in [0.25, 0.3) is 11.1 Å². The monoisotopic (exact) mass is 420 g/mol. The Morgan fingerprint density at radius 2 is 1.55 bits per heavy atom. The van der Waals surface area contributed by atoms with Crippen molar-refractivity contribution in [2.45, 2.75) is 12.8 Å². The van der Waals surface area contributed by atoms with E-state index in [9.17, 15) is 18.4 Å². The van der Waals surface area contributed by atoms with E-state index in [1.807, 2.05) is 54.6 Å². The number of likely N-dealkylation sites (tertiary alicyclic amines) is 1. The van der Waals surface area contributed by atoms with E-state index in [1.54, 1.807) is 0 Å². The maximum atomic E-state index is 13.9. The fraction of sp³-hybridized carbons (Fsp3) is 0.200. The molecule has 1 saturated heterocycles. The van der Waals surface area contributed by atoms with Crippen LogP contribution < -0.4 is 5.32 Å². The fourth-order valence-corrected chi connectivity index (χ4v) is 3.87. The summed E-state index contributed by atoms with van der Waals surface area (Å²) in [5.74, 6) is -2.41. The lowest BCUT2D eigenvalue weighted by molar-refractivity contribution is -0.121. The summed E-state index contributed by atoms with van der Waals surface area (Å²) in [7, 11) is 0. The van der Waals surface area contributed by atoms with Crippen molar-refractivity contribution in [3.63, 3.8) is 0 Å². The molecular formula is C25H22F2N2O2. The third-order valence-electron chi connectivity index (χ3n) is 5.58. The number of rotatable bonds is 4. The molecule has 1 fully saturated rings. The SMILES string of the molecule is O=C(Nc1ccccc1-c1ccccc1)C1CCN(C(=O)c2ccc(F)cc2F)CC1. The molecule has 6 heteroatoms. The molecule has 2 amide bonds. The van der Waals surface area contributed by atoms with Gasteiger partial charge in [0.25, 0.3) is 5.91 Å². The third kappa shape index (κ3) is 4.63. The summed E-state index contributed by atoms with van der Waals surface area (Å²) in [6, 6.07) is 20.4. The van der Waals surface area contributed by atoms with Crippen molar-refractivity contribution in [2.75, 3.05) is 18.4 Å². The van der Waals surface area contributed by atoms with Crippen LogP contribution in [0.15, 0.2) is 72.8 Å². The molecule has 158 valence electrons. The number of hydrogen-bond acceptors (Lipinski definition) is 2. The highest BCUT2D eigenvalue weighted by Gasteiger charge is 2.29. The molecule has 0 radical (unpaired) electrons. The smallest absolute Gasteiger partial charge is 0.256 e. The molecule has 0 aliphatic carbocycles. The van der Waals surface area contributed by atoms with Gasteiger partial charge in [0.1, 0.15) is 11.6 Å². The Hall–Kier alpha value is -3.54. The number of nitrogens with one attached hydrogen (secondary N) is 1. The number of carbonyl (C=O) groups excluding carboxylic acids is 2. The highest BCUT2D eigenvalue weighted by molar-refractivity contribution is 5.97. The molecule has 1 heterocycles. The van der Waals surface area contributed by atoms with E-state index < -0.39 is 17.5 Å². The molecule has 1 aliphatic heterocycles. The molecule has 0 atom stereocenters. The van der Waals surface area contributed by atoms with Crippen LogP contribution in [0.3, 0.4) is 0 Å². The second-order valence-electron chi connectivity index (χ2n) is 7.59. The summed E-state index contributed by atoms with van der Waals surface area (Å²) < 4.78 is 27.0. The van der Waals surface area contributed by atoms with Gasteiger partial charge in [0, 0.05) is 36.3 Å². The zero-order valence-electron chi connectivity index (χ0n) is 16.9. The first kappa shape index (κ1) is 20.7. The van der Waals surface area contributed by atoms with Gasteiger partial charge in [-0.1, -0.05) is 48.5 Å².